The highest BCUT2D eigenvalue weighted by Gasteiger charge is 2.15. The molecule has 25 heavy (non-hydrogen) atoms. The second-order valence-corrected chi connectivity index (χ2v) is 5.37. The Labute approximate surface area is 144 Å². The molecule has 1 N–H and O–H groups in total. The topological polar surface area (TPSA) is 69.0 Å². The summed E-state index contributed by atoms with van der Waals surface area (Å²) < 4.78 is 19.8. The van der Waals surface area contributed by atoms with E-state index in [1.54, 1.807) is 26.2 Å². The number of methoxy groups -OCH3 is 1. The monoisotopic (exact) mass is 340 g/mol. The van der Waals surface area contributed by atoms with Crippen molar-refractivity contribution >= 4 is 5.91 Å². The Balaban J connectivity index is 1.75. The molecule has 0 bridgehead atoms. The van der Waals surface area contributed by atoms with E-state index in [1.165, 1.54) is 16.8 Å². The Kier molecular flexibility index (Phi) is 4.74. The van der Waals surface area contributed by atoms with Gasteiger partial charge in [0.05, 0.1) is 12.8 Å². The van der Waals surface area contributed by atoms with Crippen LogP contribution in [0.1, 0.15) is 22.0 Å². The molecule has 2 aromatic carbocycles. The van der Waals surface area contributed by atoms with Gasteiger partial charge in [-0.15, -0.1) is 5.10 Å². The predicted octanol–water partition coefficient (Wildman–Crippen LogP) is 2.65. The van der Waals surface area contributed by atoms with Crippen LogP contribution < -0.4 is 10.1 Å². The van der Waals surface area contributed by atoms with E-state index < -0.39 is 5.91 Å². The fraction of sp³-hybridized carbons (Fsp3) is 0.167. The number of nitrogens with one attached hydrogen (secondary N) is 1. The highest BCUT2D eigenvalue weighted by atomic mass is 19.1. The molecule has 1 aromatic heterocycles. The fourth-order valence-electron chi connectivity index (χ4n) is 2.42. The van der Waals surface area contributed by atoms with Gasteiger partial charge in [-0.25, -0.2) is 14.1 Å². The number of benzene rings is 2. The third-order valence-corrected chi connectivity index (χ3v) is 3.68. The smallest absolute Gasteiger partial charge is 0.291 e. The number of nitrogens with zero attached hydrogens (tertiary/aromatic N) is 3. The van der Waals surface area contributed by atoms with Gasteiger partial charge in [-0.2, -0.15) is 0 Å². The van der Waals surface area contributed by atoms with Gasteiger partial charge in [-0.05, 0) is 37.3 Å². The van der Waals surface area contributed by atoms with Gasteiger partial charge < -0.3 is 10.1 Å². The number of aryl methyl sites for hydroxylation is 1. The van der Waals surface area contributed by atoms with Crippen molar-refractivity contribution in [1.82, 2.24) is 20.1 Å². The van der Waals surface area contributed by atoms with Crippen molar-refractivity contribution in [1.29, 1.82) is 0 Å². The zero-order valence-corrected chi connectivity index (χ0v) is 13.9. The SMILES string of the molecule is COc1ccccc1CNC(=O)c1nc(C)n(-c2ccc(F)cc2)n1. The molecule has 0 spiro atoms. The number of para-hydroxylation sites is 1. The third-order valence-electron chi connectivity index (χ3n) is 3.68. The summed E-state index contributed by atoms with van der Waals surface area (Å²) >= 11 is 0. The first-order valence-corrected chi connectivity index (χ1v) is 7.68. The van der Waals surface area contributed by atoms with Gasteiger partial charge in [0.25, 0.3) is 5.91 Å². The van der Waals surface area contributed by atoms with Crippen LogP contribution in [0, 0.1) is 12.7 Å². The van der Waals surface area contributed by atoms with E-state index in [9.17, 15) is 9.18 Å². The molecule has 7 heteroatoms. The maximum Gasteiger partial charge on any atom is 0.291 e. The molecule has 0 fully saturated rings. The normalized spacial score (nSPS) is 10.5. The van der Waals surface area contributed by atoms with Crippen molar-refractivity contribution in [3.63, 3.8) is 0 Å². The second kappa shape index (κ2) is 7.12. The molecule has 0 aliphatic rings. The predicted molar refractivity (Wildman–Crippen MR) is 90.2 cm³/mol. The summed E-state index contributed by atoms with van der Waals surface area (Å²) in [7, 11) is 1.58. The zero-order chi connectivity index (χ0) is 17.8. The van der Waals surface area contributed by atoms with Crippen LogP contribution in [0.3, 0.4) is 0 Å². The van der Waals surface area contributed by atoms with Gasteiger partial charge in [0, 0.05) is 12.1 Å². The summed E-state index contributed by atoms with van der Waals surface area (Å²) in [6, 6.07) is 13.2. The molecule has 128 valence electrons. The number of ether oxygens (including phenoxy) is 1. The number of carbonyl (C=O) groups excluding carboxylic acids is 1. The number of rotatable bonds is 5. The molecule has 1 amide bonds. The van der Waals surface area contributed by atoms with Crippen molar-refractivity contribution in [3.8, 4) is 11.4 Å². The van der Waals surface area contributed by atoms with E-state index in [2.05, 4.69) is 15.4 Å². The van der Waals surface area contributed by atoms with E-state index >= 15 is 0 Å². The molecule has 6 nitrogen and oxygen atoms in total. The Morgan fingerprint density at radius 2 is 1.92 bits per heavy atom. The van der Waals surface area contributed by atoms with Gasteiger partial charge in [0.2, 0.25) is 5.82 Å². The van der Waals surface area contributed by atoms with Crippen LogP contribution in [0.4, 0.5) is 4.39 Å². The number of amides is 1. The standard InChI is InChI=1S/C18H17FN4O2/c1-12-21-17(22-23(12)15-9-7-14(19)8-10-15)18(24)20-11-13-5-3-4-6-16(13)25-2/h3-10H,11H2,1-2H3,(H,20,24). The highest BCUT2D eigenvalue weighted by molar-refractivity contribution is 5.90. The van der Waals surface area contributed by atoms with Gasteiger partial charge in [0.1, 0.15) is 17.4 Å². The lowest BCUT2D eigenvalue weighted by molar-refractivity contribution is 0.0940. The molecule has 3 rings (SSSR count). The van der Waals surface area contributed by atoms with Crippen LogP contribution in [-0.4, -0.2) is 27.8 Å². The number of hydrogen-bond donors (Lipinski definition) is 1. The summed E-state index contributed by atoms with van der Waals surface area (Å²) in [5.74, 6) is 0.556. The fourth-order valence-corrected chi connectivity index (χ4v) is 2.42. The Hall–Kier alpha value is -3.22. The molecular weight excluding hydrogens is 323 g/mol. The van der Waals surface area contributed by atoms with Gasteiger partial charge in [-0.1, -0.05) is 18.2 Å². The van der Waals surface area contributed by atoms with E-state index in [1.807, 2.05) is 24.3 Å². The van der Waals surface area contributed by atoms with Crippen LogP contribution in [0.15, 0.2) is 48.5 Å². The Morgan fingerprint density at radius 3 is 2.64 bits per heavy atom. The molecule has 0 aliphatic heterocycles. The molecule has 0 unspecified atom stereocenters. The maximum atomic E-state index is 13.0. The lowest BCUT2D eigenvalue weighted by Gasteiger charge is -2.08. The number of hydrogen-bond acceptors (Lipinski definition) is 4. The van der Waals surface area contributed by atoms with Crippen molar-refractivity contribution in [2.75, 3.05) is 7.11 Å². The highest BCUT2D eigenvalue weighted by Crippen LogP contribution is 2.17. The molecular formula is C18H17FN4O2. The molecule has 0 aliphatic carbocycles. The molecule has 0 atom stereocenters. The lowest BCUT2D eigenvalue weighted by Crippen LogP contribution is -2.24. The Bertz CT molecular complexity index is 890. The Morgan fingerprint density at radius 1 is 1.20 bits per heavy atom. The average Bonchev–Trinajstić information content (AvgIpc) is 3.02. The van der Waals surface area contributed by atoms with Crippen LogP contribution in [0.25, 0.3) is 5.69 Å². The molecule has 0 saturated carbocycles. The first kappa shape index (κ1) is 16.6. The molecule has 1 heterocycles. The summed E-state index contributed by atoms with van der Waals surface area (Å²) in [5.41, 5.74) is 1.49. The first-order valence-electron chi connectivity index (χ1n) is 7.68. The zero-order valence-electron chi connectivity index (χ0n) is 13.9. The molecule has 0 radical (unpaired) electrons. The van der Waals surface area contributed by atoms with Crippen molar-refractivity contribution < 1.29 is 13.9 Å². The third kappa shape index (κ3) is 3.65. The van der Waals surface area contributed by atoms with E-state index in [0.29, 0.717) is 23.8 Å². The van der Waals surface area contributed by atoms with Crippen LogP contribution in [0.5, 0.6) is 5.75 Å². The first-order chi connectivity index (χ1) is 12.1. The summed E-state index contributed by atoms with van der Waals surface area (Å²) in [6.45, 7) is 2.03. The molecule has 3 aromatic rings. The van der Waals surface area contributed by atoms with E-state index in [0.717, 1.165) is 5.56 Å². The van der Waals surface area contributed by atoms with Gasteiger partial charge in [-0.3, -0.25) is 4.79 Å². The minimum Gasteiger partial charge on any atom is -0.496 e. The van der Waals surface area contributed by atoms with Crippen molar-refractivity contribution in [2.24, 2.45) is 0 Å². The quantitative estimate of drug-likeness (QED) is 0.775. The van der Waals surface area contributed by atoms with E-state index in [-0.39, 0.29) is 11.6 Å². The summed E-state index contributed by atoms with van der Waals surface area (Å²) in [4.78, 5) is 16.5. The van der Waals surface area contributed by atoms with Crippen LogP contribution in [-0.2, 0) is 6.54 Å². The average molecular weight is 340 g/mol. The summed E-state index contributed by atoms with van der Waals surface area (Å²) in [6.07, 6.45) is 0. The lowest BCUT2D eigenvalue weighted by atomic mass is 10.2. The van der Waals surface area contributed by atoms with Gasteiger partial charge in [0.15, 0.2) is 0 Å². The summed E-state index contributed by atoms with van der Waals surface area (Å²) in [5, 5.41) is 6.98. The minimum atomic E-state index is -0.394. The number of carbonyl (C=O) groups is 1. The number of aromatic nitrogens is 3. The maximum absolute atomic E-state index is 13.0. The van der Waals surface area contributed by atoms with Crippen molar-refractivity contribution in [2.45, 2.75) is 13.5 Å². The van der Waals surface area contributed by atoms with Crippen LogP contribution >= 0.6 is 0 Å². The van der Waals surface area contributed by atoms with Crippen LogP contribution in [0.2, 0.25) is 0 Å². The molecule has 0 saturated heterocycles. The number of halogens is 1. The van der Waals surface area contributed by atoms with Gasteiger partial charge >= 0.3 is 0 Å². The van der Waals surface area contributed by atoms with Crippen molar-refractivity contribution in [3.05, 3.63) is 71.6 Å². The minimum absolute atomic E-state index is 0.0525. The van der Waals surface area contributed by atoms with E-state index in [4.69, 9.17) is 4.74 Å². The largest absolute Gasteiger partial charge is 0.496 e. The second-order valence-electron chi connectivity index (χ2n) is 5.37.